The zero-order valence-corrected chi connectivity index (χ0v) is 11.4. The summed E-state index contributed by atoms with van der Waals surface area (Å²) in [4.78, 5) is 11.2. The summed E-state index contributed by atoms with van der Waals surface area (Å²) in [5, 5.41) is 26.6. The minimum atomic E-state index is -1.01. The predicted octanol–water partition coefficient (Wildman–Crippen LogP) is 2.73. The molecule has 0 bridgehead atoms. The zero-order chi connectivity index (χ0) is 15.0. The third kappa shape index (κ3) is 2.28. The first kappa shape index (κ1) is 13.3. The number of nitrogens with one attached hydrogen (secondary N) is 1. The Morgan fingerprint density at radius 3 is 2.81 bits per heavy atom. The second-order valence-electron chi connectivity index (χ2n) is 4.93. The summed E-state index contributed by atoms with van der Waals surface area (Å²) in [6.45, 7) is 1.72. The van der Waals surface area contributed by atoms with Gasteiger partial charge in [-0.2, -0.15) is 5.10 Å². The van der Waals surface area contributed by atoms with Crippen LogP contribution < -0.4 is 0 Å². The SMILES string of the molecule is Cc1[nH]nc2cccc(-c3cc(CO)cc(C(=O)O)c3)c12. The van der Waals surface area contributed by atoms with Crippen molar-refractivity contribution in [2.24, 2.45) is 0 Å². The number of aliphatic hydroxyl groups is 1. The first-order chi connectivity index (χ1) is 10.1. The average Bonchev–Trinajstić information content (AvgIpc) is 2.88. The van der Waals surface area contributed by atoms with Crippen LogP contribution in [0, 0.1) is 6.92 Å². The van der Waals surface area contributed by atoms with E-state index in [4.69, 9.17) is 0 Å². The van der Waals surface area contributed by atoms with E-state index in [1.165, 1.54) is 6.07 Å². The number of carboxylic acid groups (broad SMARTS) is 1. The van der Waals surface area contributed by atoms with Gasteiger partial charge in [0, 0.05) is 11.1 Å². The minimum Gasteiger partial charge on any atom is -0.478 e. The van der Waals surface area contributed by atoms with Crippen molar-refractivity contribution in [3.63, 3.8) is 0 Å². The number of rotatable bonds is 3. The maximum Gasteiger partial charge on any atom is 0.335 e. The fourth-order valence-corrected chi connectivity index (χ4v) is 2.53. The van der Waals surface area contributed by atoms with Gasteiger partial charge in [0.25, 0.3) is 0 Å². The monoisotopic (exact) mass is 282 g/mol. The van der Waals surface area contributed by atoms with E-state index < -0.39 is 5.97 Å². The first-order valence-corrected chi connectivity index (χ1v) is 6.52. The summed E-state index contributed by atoms with van der Waals surface area (Å²) in [7, 11) is 0. The van der Waals surface area contributed by atoms with Crippen molar-refractivity contribution in [3.05, 3.63) is 53.2 Å². The molecule has 2 aromatic carbocycles. The Labute approximate surface area is 120 Å². The Hall–Kier alpha value is -2.66. The lowest BCUT2D eigenvalue weighted by Gasteiger charge is -2.08. The standard InChI is InChI=1S/C16H14N2O3/c1-9-15-13(3-2-4-14(15)18-17-9)11-5-10(8-19)6-12(7-11)16(20)21/h2-7,19H,8H2,1H3,(H,17,18)(H,20,21). The number of hydrogen-bond donors (Lipinski definition) is 3. The number of aromatic carboxylic acids is 1. The number of carboxylic acids is 1. The smallest absolute Gasteiger partial charge is 0.335 e. The fourth-order valence-electron chi connectivity index (χ4n) is 2.53. The molecular formula is C16H14N2O3. The first-order valence-electron chi connectivity index (χ1n) is 6.52. The summed E-state index contributed by atoms with van der Waals surface area (Å²) >= 11 is 0. The molecule has 0 aliphatic heterocycles. The Bertz CT molecular complexity index is 837. The fraction of sp³-hybridized carbons (Fsp3) is 0.125. The predicted molar refractivity (Wildman–Crippen MR) is 79.1 cm³/mol. The Kier molecular flexibility index (Phi) is 3.19. The van der Waals surface area contributed by atoms with E-state index in [0.717, 1.165) is 27.7 Å². The van der Waals surface area contributed by atoms with E-state index in [-0.39, 0.29) is 12.2 Å². The van der Waals surface area contributed by atoms with Crippen LogP contribution in [0.15, 0.2) is 36.4 Å². The van der Waals surface area contributed by atoms with E-state index >= 15 is 0 Å². The largest absolute Gasteiger partial charge is 0.478 e. The molecule has 3 aromatic rings. The molecule has 0 aliphatic rings. The average molecular weight is 282 g/mol. The molecular weight excluding hydrogens is 268 g/mol. The van der Waals surface area contributed by atoms with Crippen LogP contribution in [0.5, 0.6) is 0 Å². The number of H-pyrrole nitrogens is 1. The molecule has 3 N–H and O–H groups in total. The summed E-state index contributed by atoms with van der Waals surface area (Å²) in [6.07, 6.45) is 0. The summed E-state index contributed by atoms with van der Waals surface area (Å²) < 4.78 is 0. The van der Waals surface area contributed by atoms with Gasteiger partial charge in [-0.15, -0.1) is 0 Å². The van der Waals surface area contributed by atoms with Gasteiger partial charge in [0.15, 0.2) is 0 Å². The van der Waals surface area contributed by atoms with Gasteiger partial charge in [-0.3, -0.25) is 5.10 Å². The van der Waals surface area contributed by atoms with Crippen LogP contribution in [0.1, 0.15) is 21.6 Å². The maximum atomic E-state index is 11.2. The van der Waals surface area contributed by atoms with Crippen molar-refractivity contribution in [3.8, 4) is 11.1 Å². The number of aromatic amines is 1. The van der Waals surface area contributed by atoms with Gasteiger partial charge in [-0.1, -0.05) is 12.1 Å². The maximum absolute atomic E-state index is 11.2. The number of aliphatic hydroxyl groups excluding tert-OH is 1. The highest BCUT2D eigenvalue weighted by Gasteiger charge is 2.12. The van der Waals surface area contributed by atoms with Gasteiger partial charge < -0.3 is 10.2 Å². The lowest BCUT2D eigenvalue weighted by molar-refractivity contribution is 0.0696. The Morgan fingerprint density at radius 2 is 2.10 bits per heavy atom. The van der Waals surface area contributed by atoms with Crippen LogP contribution in [0.25, 0.3) is 22.0 Å². The second kappa shape index (κ2) is 5.03. The van der Waals surface area contributed by atoms with Crippen molar-refractivity contribution >= 4 is 16.9 Å². The summed E-state index contributed by atoms with van der Waals surface area (Å²) in [5.41, 5.74) is 4.14. The van der Waals surface area contributed by atoms with Crippen molar-refractivity contribution < 1.29 is 15.0 Å². The van der Waals surface area contributed by atoms with E-state index in [1.807, 2.05) is 25.1 Å². The highest BCUT2D eigenvalue weighted by molar-refractivity contribution is 5.98. The molecule has 0 unspecified atom stereocenters. The number of carbonyl (C=O) groups is 1. The molecule has 1 heterocycles. The topological polar surface area (TPSA) is 86.2 Å². The lowest BCUT2D eigenvalue weighted by atomic mass is 9.96. The van der Waals surface area contributed by atoms with Crippen LogP contribution in [-0.2, 0) is 6.61 Å². The zero-order valence-electron chi connectivity index (χ0n) is 11.4. The van der Waals surface area contributed by atoms with Crippen molar-refractivity contribution in [2.45, 2.75) is 13.5 Å². The quantitative estimate of drug-likeness (QED) is 0.689. The highest BCUT2D eigenvalue weighted by atomic mass is 16.4. The van der Waals surface area contributed by atoms with E-state index in [0.29, 0.717) is 5.56 Å². The highest BCUT2D eigenvalue weighted by Crippen LogP contribution is 2.31. The molecule has 0 fully saturated rings. The van der Waals surface area contributed by atoms with Crippen molar-refractivity contribution in [2.75, 3.05) is 0 Å². The molecule has 0 radical (unpaired) electrons. The molecule has 1 aromatic heterocycles. The second-order valence-corrected chi connectivity index (χ2v) is 4.93. The van der Waals surface area contributed by atoms with Gasteiger partial charge in [0.05, 0.1) is 17.7 Å². The lowest BCUT2D eigenvalue weighted by Crippen LogP contribution is -1.99. The molecule has 0 atom stereocenters. The molecule has 5 nitrogen and oxygen atoms in total. The molecule has 5 heteroatoms. The Balaban J connectivity index is 2.29. The van der Waals surface area contributed by atoms with Crippen LogP contribution in [0.2, 0.25) is 0 Å². The van der Waals surface area contributed by atoms with E-state index in [9.17, 15) is 15.0 Å². The Morgan fingerprint density at radius 1 is 1.29 bits per heavy atom. The van der Waals surface area contributed by atoms with Crippen LogP contribution in [-0.4, -0.2) is 26.4 Å². The molecule has 0 saturated heterocycles. The number of hydrogen-bond acceptors (Lipinski definition) is 3. The molecule has 0 spiro atoms. The third-order valence-corrected chi connectivity index (χ3v) is 3.49. The molecule has 0 aliphatic carbocycles. The van der Waals surface area contributed by atoms with Crippen LogP contribution in [0.3, 0.4) is 0 Å². The number of aromatic nitrogens is 2. The summed E-state index contributed by atoms with van der Waals surface area (Å²) in [5.74, 6) is -1.01. The third-order valence-electron chi connectivity index (χ3n) is 3.49. The van der Waals surface area contributed by atoms with Gasteiger partial charge in [-0.25, -0.2) is 4.79 Å². The number of benzene rings is 2. The van der Waals surface area contributed by atoms with Gasteiger partial charge in [-0.05, 0) is 47.9 Å². The number of aryl methyl sites for hydroxylation is 1. The van der Waals surface area contributed by atoms with Crippen LogP contribution in [0.4, 0.5) is 0 Å². The van der Waals surface area contributed by atoms with Crippen molar-refractivity contribution in [1.82, 2.24) is 10.2 Å². The van der Waals surface area contributed by atoms with Crippen LogP contribution >= 0.6 is 0 Å². The van der Waals surface area contributed by atoms with Crippen molar-refractivity contribution in [1.29, 1.82) is 0 Å². The minimum absolute atomic E-state index is 0.162. The van der Waals surface area contributed by atoms with Gasteiger partial charge in [0.1, 0.15) is 0 Å². The van der Waals surface area contributed by atoms with Gasteiger partial charge in [0.2, 0.25) is 0 Å². The molecule has 106 valence electrons. The van der Waals surface area contributed by atoms with E-state index in [1.54, 1.807) is 12.1 Å². The molecule has 3 rings (SSSR count). The normalized spacial score (nSPS) is 11.0. The summed E-state index contributed by atoms with van der Waals surface area (Å²) in [6, 6.07) is 10.6. The molecule has 0 saturated carbocycles. The van der Waals surface area contributed by atoms with E-state index in [2.05, 4.69) is 10.2 Å². The number of nitrogens with zero attached hydrogens (tertiary/aromatic N) is 1. The van der Waals surface area contributed by atoms with Gasteiger partial charge >= 0.3 is 5.97 Å². The number of fused-ring (bicyclic) bond motifs is 1. The molecule has 21 heavy (non-hydrogen) atoms. The molecule has 0 amide bonds.